The van der Waals surface area contributed by atoms with Crippen LogP contribution in [0.3, 0.4) is 0 Å². The molecule has 0 bridgehead atoms. The van der Waals surface area contributed by atoms with Crippen molar-refractivity contribution in [2.24, 2.45) is 0 Å². The van der Waals surface area contributed by atoms with Crippen LogP contribution in [0.1, 0.15) is 56.1 Å². The maximum atomic E-state index is 10.5. The minimum absolute atomic E-state index is 0.277. The molecule has 3 rings (SSSR count). The van der Waals surface area contributed by atoms with Gasteiger partial charge in [-0.25, -0.2) is 0 Å². The zero-order valence-electron chi connectivity index (χ0n) is 18.1. The monoisotopic (exact) mass is 409 g/mol. The van der Waals surface area contributed by atoms with Crippen LogP contribution in [0.25, 0.3) is 0 Å². The SMILES string of the molecule is C=C/C(=C\C/C=C1\COCCO1)C(C)NC1CC[C@H](c2ccc(CCC=O)cc2)C1. The fourth-order valence-corrected chi connectivity index (χ4v) is 4.39. The number of hydrogen-bond acceptors (Lipinski definition) is 4. The van der Waals surface area contributed by atoms with Crippen LogP contribution in [0.15, 0.2) is 60.4 Å². The van der Waals surface area contributed by atoms with Crippen LogP contribution >= 0.6 is 0 Å². The van der Waals surface area contributed by atoms with Crippen molar-refractivity contribution in [1.82, 2.24) is 5.32 Å². The molecule has 1 heterocycles. The van der Waals surface area contributed by atoms with Crippen LogP contribution in [0.2, 0.25) is 0 Å². The molecule has 1 saturated heterocycles. The average Bonchev–Trinajstić information content (AvgIpc) is 3.24. The molecule has 162 valence electrons. The summed E-state index contributed by atoms with van der Waals surface area (Å²) in [5.74, 6) is 1.54. The third-order valence-electron chi connectivity index (χ3n) is 6.11. The molecule has 0 aromatic heterocycles. The molecule has 2 fully saturated rings. The Bertz CT molecular complexity index is 742. The molecule has 1 aromatic carbocycles. The zero-order valence-corrected chi connectivity index (χ0v) is 18.1. The number of aldehydes is 1. The Morgan fingerprint density at radius 2 is 2.10 bits per heavy atom. The molecule has 1 aromatic rings. The summed E-state index contributed by atoms with van der Waals surface area (Å²) in [6, 6.07) is 9.65. The number of carbonyl (C=O) groups is 1. The second-order valence-electron chi connectivity index (χ2n) is 8.26. The van der Waals surface area contributed by atoms with Gasteiger partial charge in [-0.15, -0.1) is 0 Å². The molecule has 2 aliphatic rings. The largest absolute Gasteiger partial charge is 0.493 e. The van der Waals surface area contributed by atoms with Crippen molar-refractivity contribution < 1.29 is 14.3 Å². The van der Waals surface area contributed by atoms with Crippen LogP contribution in [0.4, 0.5) is 0 Å². The van der Waals surface area contributed by atoms with E-state index in [-0.39, 0.29) is 6.04 Å². The highest BCUT2D eigenvalue weighted by molar-refractivity contribution is 5.50. The van der Waals surface area contributed by atoms with E-state index in [2.05, 4.69) is 55.2 Å². The lowest BCUT2D eigenvalue weighted by Gasteiger charge is -2.21. The van der Waals surface area contributed by atoms with E-state index in [1.54, 1.807) is 0 Å². The van der Waals surface area contributed by atoms with E-state index >= 15 is 0 Å². The quantitative estimate of drug-likeness (QED) is 0.443. The Balaban J connectivity index is 1.48. The van der Waals surface area contributed by atoms with Crippen LogP contribution in [0.5, 0.6) is 0 Å². The zero-order chi connectivity index (χ0) is 21.2. The van der Waals surface area contributed by atoms with Gasteiger partial charge < -0.3 is 19.6 Å². The fraction of sp³-hybridized carbons (Fsp3) is 0.500. The number of hydrogen-bond donors (Lipinski definition) is 1. The van der Waals surface area contributed by atoms with E-state index in [1.807, 2.05) is 6.08 Å². The van der Waals surface area contributed by atoms with Crippen molar-refractivity contribution in [2.75, 3.05) is 19.8 Å². The van der Waals surface area contributed by atoms with Crippen molar-refractivity contribution >= 4 is 6.29 Å². The van der Waals surface area contributed by atoms with Gasteiger partial charge in [-0.3, -0.25) is 0 Å². The van der Waals surface area contributed by atoms with Gasteiger partial charge >= 0.3 is 0 Å². The van der Waals surface area contributed by atoms with Crippen molar-refractivity contribution in [1.29, 1.82) is 0 Å². The molecule has 3 atom stereocenters. The topological polar surface area (TPSA) is 47.6 Å². The first-order valence-corrected chi connectivity index (χ1v) is 11.2. The summed E-state index contributed by atoms with van der Waals surface area (Å²) in [6.07, 6.45) is 13.1. The summed E-state index contributed by atoms with van der Waals surface area (Å²) in [5.41, 5.74) is 3.89. The first-order chi connectivity index (χ1) is 14.7. The van der Waals surface area contributed by atoms with Gasteiger partial charge in [0.15, 0.2) is 0 Å². The third kappa shape index (κ3) is 6.68. The molecular weight excluding hydrogens is 374 g/mol. The van der Waals surface area contributed by atoms with Gasteiger partial charge in [0.25, 0.3) is 0 Å². The molecule has 4 heteroatoms. The van der Waals surface area contributed by atoms with Crippen molar-refractivity contribution in [3.8, 4) is 0 Å². The molecule has 30 heavy (non-hydrogen) atoms. The molecule has 1 aliphatic carbocycles. The number of aryl methyl sites for hydroxylation is 1. The van der Waals surface area contributed by atoms with Crippen molar-refractivity contribution in [3.63, 3.8) is 0 Å². The predicted octanol–water partition coefficient (Wildman–Crippen LogP) is 4.87. The summed E-state index contributed by atoms with van der Waals surface area (Å²) < 4.78 is 11.0. The molecule has 0 radical (unpaired) electrons. The van der Waals surface area contributed by atoms with Crippen molar-refractivity contribution in [3.05, 3.63) is 71.5 Å². The average molecular weight is 410 g/mol. The van der Waals surface area contributed by atoms with Crippen LogP contribution in [-0.4, -0.2) is 38.2 Å². The number of allylic oxidation sites excluding steroid dienone is 2. The summed E-state index contributed by atoms with van der Waals surface area (Å²) in [7, 11) is 0. The highest BCUT2D eigenvalue weighted by atomic mass is 16.6. The second kappa shape index (κ2) is 11.9. The minimum Gasteiger partial charge on any atom is -0.493 e. The summed E-state index contributed by atoms with van der Waals surface area (Å²) in [6.45, 7) is 8.13. The molecule has 1 aliphatic heterocycles. The van der Waals surface area contributed by atoms with Crippen molar-refractivity contribution in [2.45, 2.75) is 63.5 Å². The van der Waals surface area contributed by atoms with Gasteiger partial charge in [-0.2, -0.15) is 0 Å². The maximum absolute atomic E-state index is 10.5. The Hall–Kier alpha value is -2.17. The van der Waals surface area contributed by atoms with Crippen LogP contribution in [0, 0.1) is 0 Å². The van der Waals surface area contributed by atoms with Gasteiger partial charge in [0, 0.05) is 18.5 Å². The number of ether oxygens (including phenoxy) is 2. The predicted molar refractivity (Wildman–Crippen MR) is 122 cm³/mol. The standard InChI is InChI=1S/C26H35NO3/c1-3-22(7-4-8-26-19-29-16-17-30-26)20(2)27-25-14-13-24(18-25)23-11-9-21(10-12-23)6-5-15-28/h3,7-12,15,20,24-25,27H,1,4-6,13-14,16-19H2,2H3/b22-7+,26-8+/t20?,24-,25?/m0/s1. The lowest BCUT2D eigenvalue weighted by molar-refractivity contribution is -0.107. The van der Waals surface area contributed by atoms with Gasteiger partial charge in [-0.1, -0.05) is 43.0 Å². The second-order valence-corrected chi connectivity index (χ2v) is 8.26. The van der Waals surface area contributed by atoms with Crippen LogP contribution < -0.4 is 5.32 Å². The number of carbonyl (C=O) groups excluding carboxylic acids is 1. The van der Waals surface area contributed by atoms with E-state index in [1.165, 1.54) is 29.5 Å². The van der Waals surface area contributed by atoms with Crippen LogP contribution in [-0.2, 0) is 20.7 Å². The normalized spacial score (nSPS) is 24.4. The Morgan fingerprint density at radius 1 is 1.27 bits per heavy atom. The molecule has 0 spiro atoms. The highest BCUT2D eigenvalue weighted by Gasteiger charge is 2.27. The first kappa shape index (κ1) is 22.5. The summed E-state index contributed by atoms with van der Waals surface area (Å²) >= 11 is 0. The van der Waals surface area contributed by atoms with E-state index < -0.39 is 0 Å². The fourth-order valence-electron chi connectivity index (χ4n) is 4.39. The third-order valence-corrected chi connectivity index (χ3v) is 6.11. The highest BCUT2D eigenvalue weighted by Crippen LogP contribution is 2.35. The lowest BCUT2D eigenvalue weighted by atomic mass is 9.95. The molecule has 0 amide bonds. The molecule has 4 nitrogen and oxygen atoms in total. The maximum Gasteiger partial charge on any atom is 0.120 e. The Labute approximate surface area is 181 Å². The smallest absolute Gasteiger partial charge is 0.120 e. The number of rotatable bonds is 10. The van der Waals surface area contributed by atoms with E-state index in [0.29, 0.717) is 38.2 Å². The number of benzene rings is 1. The van der Waals surface area contributed by atoms with E-state index in [9.17, 15) is 4.79 Å². The van der Waals surface area contributed by atoms with Gasteiger partial charge in [0.1, 0.15) is 25.3 Å². The molecular formula is C26H35NO3. The van der Waals surface area contributed by atoms with E-state index in [0.717, 1.165) is 31.3 Å². The molecule has 1 saturated carbocycles. The van der Waals surface area contributed by atoms with Gasteiger partial charge in [0.05, 0.1) is 6.61 Å². The number of nitrogens with one attached hydrogen (secondary N) is 1. The first-order valence-electron chi connectivity index (χ1n) is 11.2. The molecule has 2 unspecified atom stereocenters. The summed E-state index contributed by atoms with van der Waals surface area (Å²) in [4.78, 5) is 10.5. The molecule has 1 N–H and O–H groups in total. The minimum atomic E-state index is 0.277. The Kier molecular flexibility index (Phi) is 8.91. The summed E-state index contributed by atoms with van der Waals surface area (Å²) in [5, 5.41) is 3.80. The van der Waals surface area contributed by atoms with E-state index in [4.69, 9.17) is 9.47 Å². The Morgan fingerprint density at radius 3 is 2.80 bits per heavy atom. The van der Waals surface area contributed by atoms with Gasteiger partial charge in [-0.05, 0) is 67.7 Å². The van der Waals surface area contributed by atoms with Gasteiger partial charge in [0.2, 0.25) is 0 Å². The lowest BCUT2D eigenvalue weighted by Crippen LogP contribution is -2.35.